The highest BCUT2D eigenvalue weighted by Crippen LogP contribution is 2.69. The van der Waals surface area contributed by atoms with Crippen molar-refractivity contribution in [2.45, 2.75) is 103 Å². The van der Waals surface area contributed by atoms with Gasteiger partial charge in [-0.15, -0.1) is 0 Å². The number of nitrogens with zero attached hydrogens (tertiary/aromatic N) is 2. The third kappa shape index (κ3) is 2.51. The highest BCUT2D eigenvalue weighted by Gasteiger charge is 2.75. The van der Waals surface area contributed by atoms with Crippen molar-refractivity contribution in [1.29, 1.82) is 0 Å². The third-order valence-electron chi connectivity index (χ3n) is 11.4. The minimum Gasteiger partial charge on any atom is -0.411 e. The fourth-order valence-corrected chi connectivity index (χ4v) is 9.58. The summed E-state index contributed by atoms with van der Waals surface area (Å²) < 4.78 is 0. The molecule has 0 amide bonds. The molecule has 6 heteroatoms. The normalized spacial score (nSPS) is 55.6. The molecule has 1 saturated heterocycles. The Morgan fingerprint density at radius 3 is 2.26 bits per heavy atom. The molecular weight excluding hydrogens is 392 g/mol. The Labute approximate surface area is 186 Å². The van der Waals surface area contributed by atoms with E-state index in [2.05, 4.69) is 37.8 Å². The summed E-state index contributed by atoms with van der Waals surface area (Å²) in [5.74, 6) is 0.720. The van der Waals surface area contributed by atoms with Gasteiger partial charge in [0.25, 0.3) is 0 Å². The Hall–Kier alpha value is -0.690. The van der Waals surface area contributed by atoms with Crippen LogP contribution in [0.3, 0.4) is 0 Å². The van der Waals surface area contributed by atoms with E-state index in [0.29, 0.717) is 24.5 Å². The van der Waals surface area contributed by atoms with E-state index in [-0.39, 0.29) is 29.4 Å². The van der Waals surface area contributed by atoms with E-state index in [1.807, 2.05) is 0 Å². The van der Waals surface area contributed by atoms with Crippen LogP contribution in [0.25, 0.3) is 0 Å². The first-order valence-corrected chi connectivity index (χ1v) is 12.6. The molecule has 5 aliphatic rings. The number of likely N-dealkylation sites (tertiary alicyclic amines) is 1. The first-order valence-electron chi connectivity index (χ1n) is 12.6. The Bertz CT molecular complexity index is 765. The van der Waals surface area contributed by atoms with Gasteiger partial charge in [0.15, 0.2) is 0 Å². The van der Waals surface area contributed by atoms with Gasteiger partial charge in [-0.2, -0.15) is 0 Å². The quantitative estimate of drug-likeness (QED) is 0.376. The van der Waals surface area contributed by atoms with Crippen molar-refractivity contribution >= 4 is 5.71 Å². The first-order chi connectivity index (χ1) is 14.5. The average molecular weight is 435 g/mol. The second kappa shape index (κ2) is 6.91. The van der Waals surface area contributed by atoms with Gasteiger partial charge in [0.2, 0.25) is 0 Å². The van der Waals surface area contributed by atoms with E-state index >= 15 is 0 Å². The topological polar surface area (TPSA) is 96.5 Å². The minimum atomic E-state index is -1.36. The van der Waals surface area contributed by atoms with Crippen molar-refractivity contribution in [1.82, 2.24) is 4.90 Å². The number of hydrogen-bond acceptors (Lipinski definition) is 6. The van der Waals surface area contributed by atoms with Gasteiger partial charge in [-0.3, -0.25) is 4.90 Å². The molecule has 0 aromatic carbocycles. The molecule has 0 radical (unpaired) electrons. The zero-order chi connectivity index (χ0) is 22.4. The Balaban J connectivity index is 1.60. The Kier molecular flexibility index (Phi) is 4.93. The van der Waals surface area contributed by atoms with Gasteiger partial charge in [-0.25, -0.2) is 0 Å². The number of hydrogen-bond donors (Lipinski definition) is 4. The Morgan fingerprint density at radius 1 is 0.935 bits per heavy atom. The maximum atomic E-state index is 12.6. The molecule has 6 nitrogen and oxygen atoms in total. The predicted molar refractivity (Wildman–Crippen MR) is 119 cm³/mol. The summed E-state index contributed by atoms with van der Waals surface area (Å²) in [4.78, 5) is 2.44. The predicted octanol–water partition coefficient (Wildman–Crippen LogP) is 3.02. The van der Waals surface area contributed by atoms with Crippen molar-refractivity contribution in [3.05, 3.63) is 0 Å². The van der Waals surface area contributed by atoms with Crippen molar-refractivity contribution in [2.75, 3.05) is 13.1 Å². The maximum Gasteiger partial charge on any atom is 0.108 e. The zero-order valence-electron chi connectivity index (χ0n) is 19.7. The maximum absolute atomic E-state index is 12.6. The Morgan fingerprint density at radius 2 is 1.61 bits per heavy atom. The largest absolute Gasteiger partial charge is 0.411 e. The van der Waals surface area contributed by atoms with Crippen molar-refractivity contribution in [3.8, 4) is 0 Å². The summed E-state index contributed by atoms with van der Waals surface area (Å²) in [7, 11) is 0. The second-order valence-corrected chi connectivity index (χ2v) is 12.5. The molecule has 4 saturated carbocycles. The van der Waals surface area contributed by atoms with E-state index in [4.69, 9.17) is 0 Å². The number of aliphatic hydroxyl groups excluding tert-OH is 2. The molecule has 4 unspecified atom stereocenters. The van der Waals surface area contributed by atoms with Crippen LogP contribution in [-0.2, 0) is 0 Å². The lowest BCUT2D eigenvalue weighted by molar-refractivity contribution is -0.278. The lowest BCUT2D eigenvalue weighted by Gasteiger charge is -2.70. The van der Waals surface area contributed by atoms with Crippen LogP contribution in [0.4, 0.5) is 0 Å². The molecular formula is C25H42N2O4. The van der Waals surface area contributed by atoms with Crippen molar-refractivity contribution < 1.29 is 20.5 Å². The highest BCUT2D eigenvalue weighted by atomic mass is 16.4. The summed E-state index contributed by atoms with van der Waals surface area (Å²) in [6.45, 7) is 10.5. The number of aliphatic hydroxyl groups is 3. The van der Waals surface area contributed by atoms with Crippen LogP contribution in [0.1, 0.15) is 79.1 Å². The van der Waals surface area contributed by atoms with E-state index in [1.165, 1.54) is 0 Å². The van der Waals surface area contributed by atoms with Gasteiger partial charge >= 0.3 is 0 Å². The molecule has 5 rings (SSSR count). The third-order valence-corrected chi connectivity index (χ3v) is 11.4. The van der Waals surface area contributed by atoms with E-state index < -0.39 is 22.5 Å². The zero-order valence-corrected chi connectivity index (χ0v) is 19.7. The average Bonchev–Trinajstić information content (AvgIpc) is 3.34. The summed E-state index contributed by atoms with van der Waals surface area (Å²) >= 11 is 0. The summed E-state index contributed by atoms with van der Waals surface area (Å²) in [5, 5.41) is 49.1. The smallest absolute Gasteiger partial charge is 0.108 e. The molecule has 0 bridgehead atoms. The summed E-state index contributed by atoms with van der Waals surface area (Å²) in [6, 6.07) is 0.0485. The van der Waals surface area contributed by atoms with Crippen LogP contribution in [0.15, 0.2) is 5.16 Å². The molecule has 0 aromatic rings. The van der Waals surface area contributed by atoms with Gasteiger partial charge in [-0.05, 0) is 81.2 Å². The minimum absolute atomic E-state index is 0.0485. The second-order valence-electron chi connectivity index (χ2n) is 12.5. The van der Waals surface area contributed by atoms with Crippen LogP contribution < -0.4 is 0 Å². The SMILES string of the molecule is CC1(C)C(N2CCCC2)C/C(=N/O)[C@]2(C)[C@@H]3CC[C@]4(C)C(O)CC[C@H]4[C@@H]3CC(O)C12O. The molecule has 176 valence electrons. The highest BCUT2D eigenvalue weighted by molar-refractivity contribution is 5.93. The number of fused-ring (bicyclic) bond motifs is 5. The van der Waals surface area contributed by atoms with Gasteiger partial charge in [0.05, 0.1) is 17.9 Å². The molecule has 4 aliphatic carbocycles. The lowest BCUT2D eigenvalue weighted by Crippen LogP contribution is -2.79. The van der Waals surface area contributed by atoms with E-state index in [0.717, 1.165) is 51.6 Å². The first kappa shape index (κ1) is 22.1. The molecule has 1 aliphatic heterocycles. The molecule has 1 heterocycles. The molecule has 0 aromatic heterocycles. The van der Waals surface area contributed by atoms with Crippen LogP contribution in [-0.4, -0.2) is 68.1 Å². The fraction of sp³-hybridized carbons (Fsp3) is 0.960. The van der Waals surface area contributed by atoms with Crippen LogP contribution in [0.2, 0.25) is 0 Å². The van der Waals surface area contributed by atoms with Gasteiger partial charge in [0, 0.05) is 23.3 Å². The van der Waals surface area contributed by atoms with Crippen LogP contribution in [0, 0.1) is 34.0 Å². The van der Waals surface area contributed by atoms with Gasteiger partial charge in [-0.1, -0.05) is 32.9 Å². The summed E-state index contributed by atoms with van der Waals surface area (Å²) in [5.41, 5.74) is -2.12. The van der Waals surface area contributed by atoms with Crippen LogP contribution >= 0.6 is 0 Å². The number of rotatable bonds is 1. The van der Waals surface area contributed by atoms with Crippen molar-refractivity contribution in [2.24, 2.45) is 39.2 Å². The fourth-order valence-electron chi connectivity index (χ4n) is 9.58. The lowest BCUT2D eigenvalue weighted by atomic mass is 9.37. The van der Waals surface area contributed by atoms with E-state index in [1.54, 1.807) is 0 Å². The van der Waals surface area contributed by atoms with E-state index in [9.17, 15) is 20.5 Å². The monoisotopic (exact) mass is 434 g/mol. The molecule has 5 fully saturated rings. The molecule has 4 N–H and O–H groups in total. The van der Waals surface area contributed by atoms with Gasteiger partial charge in [0.1, 0.15) is 5.60 Å². The summed E-state index contributed by atoms with van der Waals surface area (Å²) in [6.07, 6.45) is 5.99. The molecule has 31 heavy (non-hydrogen) atoms. The molecule has 0 spiro atoms. The standard InChI is InChI=1S/C25H42N2O4/c1-22(2)19(27-11-5-6-12-27)14-18(26-31)24(4)17-9-10-23(3)16(7-8-20(23)28)15(17)13-21(29)25(22,24)30/h15-17,19-21,28-31H,5-14H2,1-4H3/b26-18-/t15-,16-,17+,19?,20?,21?,23-,24-,25?/m0/s1. The molecule has 9 atom stereocenters. The number of oxime groups is 1. The van der Waals surface area contributed by atoms with Crippen molar-refractivity contribution in [3.63, 3.8) is 0 Å². The van der Waals surface area contributed by atoms with Gasteiger partial charge < -0.3 is 20.5 Å². The van der Waals surface area contributed by atoms with Crippen LogP contribution in [0.5, 0.6) is 0 Å².